The summed E-state index contributed by atoms with van der Waals surface area (Å²) in [5.74, 6) is 3.13. The van der Waals surface area contributed by atoms with Gasteiger partial charge in [0.15, 0.2) is 11.7 Å². The number of ether oxygens (including phenoxy) is 2. The second-order valence-corrected chi connectivity index (χ2v) is 9.79. The molecule has 1 atom stereocenters. The molecule has 0 saturated carbocycles. The highest BCUT2D eigenvalue weighted by atomic mass is 32.2. The maximum atomic E-state index is 6.21. The summed E-state index contributed by atoms with van der Waals surface area (Å²) in [6, 6.07) is 22.3. The summed E-state index contributed by atoms with van der Waals surface area (Å²) in [7, 11) is 0. The van der Waals surface area contributed by atoms with Gasteiger partial charge in [-0.3, -0.25) is 0 Å². The maximum absolute atomic E-state index is 6.21. The lowest BCUT2D eigenvalue weighted by molar-refractivity contribution is 0.216. The molecular formula is C28H29N5O3S. The molecule has 0 aliphatic carbocycles. The Morgan fingerprint density at radius 1 is 1.03 bits per heavy atom. The van der Waals surface area contributed by atoms with Crippen molar-refractivity contribution in [1.82, 2.24) is 25.8 Å². The van der Waals surface area contributed by atoms with Crippen molar-refractivity contribution >= 4 is 22.7 Å². The molecule has 0 aliphatic heterocycles. The Morgan fingerprint density at radius 2 is 1.86 bits per heavy atom. The molecule has 0 fully saturated rings. The average Bonchev–Trinajstić information content (AvgIpc) is 3.62. The maximum Gasteiger partial charge on any atom is 0.214 e. The fourth-order valence-electron chi connectivity index (χ4n) is 4.11. The zero-order chi connectivity index (χ0) is 25.5. The standard InChI is InChI=1S/C28H29N5O3S/c1-3-8-23-25(16-15-24-26(31-36-27(23)24)20-9-5-4-6-10-20)34-17-7-18-37-22-13-11-21(12-14-22)35-19(2)28-29-32-33-30-28/h4-6,9-16,19H,3,7-8,17-18H2,1-2H3,(H,29,30,32,33). The lowest BCUT2D eigenvalue weighted by Gasteiger charge is -2.12. The third kappa shape index (κ3) is 5.94. The number of tetrazole rings is 1. The lowest BCUT2D eigenvalue weighted by atomic mass is 10.0. The predicted molar refractivity (Wildman–Crippen MR) is 144 cm³/mol. The van der Waals surface area contributed by atoms with Crippen LogP contribution in [0.5, 0.6) is 11.5 Å². The number of aryl methyl sites for hydroxylation is 1. The molecule has 5 aromatic rings. The first-order valence-corrected chi connectivity index (χ1v) is 13.4. The number of aromatic amines is 1. The van der Waals surface area contributed by atoms with Gasteiger partial charge < -0.3 is 14.0 Å². The Morgan fingerprint density at radius 3 is 2.62 bits per heavy atom. The van der Waals surface area contributed by atoms with Crippen LogP contribution in [0.15, 0.2) is 76.1 Å². The van der Waals surface area contributed by atoms with Crippen molar-refractivity contribution in [3.05, 3.63) is 78.1 Å². The summed E-state index contributed by atoms with van der Waals surface area (Å²) in [6.45, 7) is 4.69. The molecule has 1 unspecified atom stereocenters. The van der Waals surface area contributed by atoms with Crippen LogP contribution >= 0.6 is 11.8 Å². The molecule has 8 nitrogen and oxygen atoms in total. The van der Waals surface area contributed by atoms with Crippen LogP contribution in [0.1, 0.15) is 44.2 Å². The first-order valence-electron chi connectivity index (χ1n) is 12.4. The monoisotopic (exact) mass is 515 g/mol. The van der Waals surface area contributed by atoms with E-state index in [-0.39, 0.29) is 6.10 Å². The minimum atomic E-state index is -0.270. The first kappa shape index (κ1) is 24.8. The van der Waals surface area contributed by atoms with Crippen LogP contribution in [0.25, 0.3) is 22.2 Å². The number of hydrogen-bond donors (Lipinski definition) is 1. The Bertz CT molecular complexity index is 1410. The van der Waals surface area contributed by atoms with Gasteiger partial charge in [0.05, 0.1) is 12.0 Å². The van der Waals surface area contributed by atoms with E-state index in [4.69, 9.17) is 14.0 Å². The van der Waals surface area contributed by atoms with Crippen molar-refractivity contribution in [1.29, 1.82) is 0 Å². The van der Waals surface area contributed by atoms with E-state index < -0.39 is 0 Å². The molecule has 0 spiro atoms. The Kier molecular flexibility index (Phi) is 8.00. The topological polar surface area (TPSA) is 99.0 Å². The van der Waals surface area contributed by atoms with Gasteiger partial charge >= 0.3 is 0 Å². The number of thioether (sulfide) groups is 1. The molecule has 9 heteroatoms. The van der Waals surface area contributed by atoms with Crippen LogP contribution in [-0.4, -0.2) is 38.1 Å². The van der Waals surface area contributed by atoms with Gasteiger partial charge in [0.1, 0.15) is 17.2 Å². The zero-order valence-corrected chi connectivity index (χ0v) is 21.7. The fourth-order valence-corrected chi connectivity index (χ4v) is 4.94. The average molecular weight is 516 g/mol. The number of nitrogens with zero attached hydrogens (tertiary/aromatic N) is 4. The predicted octanol–water partition coefficient (Wildman–Crippen LogP) is 6.66. The molecule has 2 aromatic heterocycles. The molecule has 190 valence electrons. The van der Waals surface area contributed by atoms with Crippen molar-refractivity contribution in [2.75, 3.05) is 12.4 Å². The molecule has 5 rings (SSSR count). The summed E-state index contributed by atoms with van der Waals surface area (Å²) in [5, 5.41) is 19.3. The van der Waals surface area contributed by atoms with Gasteiger partial charge in [-0.1, -0.05) is 54.0 Å². The van der Waals surface area contributed by atoms with E-state index in [0.717, 1.165) is 64.3 Å². The second-order valence-electron chi connectivity index (χ2n) is 8.62. The summed E-state index contributed by atoms with van der Waals surface area (Å²) in [5.41, 5.74) is 3.84. The van der Waals surface area contributed by atoms with Gasteiger partial charge in [-0.25, -0.2) is 0 Å². The van der Waals surface area contributed by atoms with Crippen LogP contribution in [0.2, 0.25) is 0 Å². The molecule has 0 saturated heterocycles. The van der Waals surface area contributed by atoms with Crippen molar-refractivity contribution in [2.45, 2.75) is 44.1 Å². The lowest BCUT2D eigenvalue weighted by Crippen LogP contribution is -2.05. The fraction of sp³-hybridized carbons (Fsp3) is 0.286. The van der Waals surface area contributed by atoms with E-state index in [9.17, 15) is 0 Å². The van der Waals surface area contributed by atoms with Gasteiger partial charge in [0, 0.05) is 21.8 Å². The molecule has 0 amide bonds. The number of rotatable bonds is 12. The van der Waals surface area contributed by atoms with Gasteiger partial charge in [-0.05, 0) is 56.2 Å². The molecule has 1 N–H and O–H groups in total. The van der Waals surface area contributed by atoms with Crippen LogP contribution in [0, 0.1) is 0 Å². The molecule has 37 heavy (non-hydrogen) atoms. The smallest absolute Gasteiger partial charge is 0.214 e. The number of benzene rings is 3. The van der Waals surface area contributed by atoms with Gasteiger partial charge in [0.25, 0.3) is 0 Å². The molecule has 0 aliphatic rings. The van der Waals surface area contributed by atoms with E-state index in [0.29, 0.717) is 12.4 Å². The number of hydrogen-bond acceptors (Lipinski definition) is 8. The molecule has 3 aromatic carbocycles. The largest absolute Gasteiger partial charge is 0.493 e. The number of nitrogens with one attached hydrogen (secondary N) is 1. The van der Waals surface area contributed by atoms with Crippen molar-refractivity contribution in [3.8, 4) is 22.8 Å². The number of aromatic nitrogens is 5. The highest BCUT2D eigenvalue weighted by Gasteiger charge is 2.17. The molecule has 0 radical (unpaired) electrons. The zero-order valence-electron chi connectivity index (χ0n) is 20.9. The summed E-state index contributed by atoms with van der Waals surface area (Å²) in [4.78, 5) is 1.18. The van der Waals surface area contributed by atoms with Gasteiger partial charge in [0.2, 0.25) is 5.82 Å². The minimum absolute atomic E-state index is 0.270. The highest BCUT2D eigenvalue weighted by molar-refractivity contribution is 7.99. The number of fused-ring (bicyclic) bond motifs is 1. The van der Waals surface area contributed by atoms with Crippen LogP contribution < -0.4 is 9.47 Å². The quantitative estimate of drug-likeness (QED) is 0.145. The van der Waals surface area contributed by atoms with E-state index in [1.807, 2.05) is 37.3 Å². The highest BCUT2D eigenvalue weighted by Crippen LogP contribution is 2.35. The summed E-state index contributed by atoms with van der Waals surface area (Å²) in [6.07, 6.45) is 2.53. The first-order chi connectivity index (χ1) is 18.2. The van der Waals surface area contributed by atoms with Crippen LogP contribution in [0.3, 0.4) is 0 Å². The van der Waals surface area contributed by atoms with E-state index in [1.54, 1.807) is 11.8 Å². The molecular weight excluding hydrogens is 486 g/mol. The third-order valence-electron chi connectivity index (χ3n) is 5.92. The Labute approximate surface area is 219 Å². The van der Waals surface area contributed by atoms with Crippen LogP contribution in [0.4, 0.5) is 0 Å². The Hall–Kier alpha value is -3.85. The summed E-state index contributed by atoms with van der Waals surface area (Å²) < 4.78 is 17.9. The normalized spacial score (nSPS) is 12.1. The Balaban J connectivity index is 1.15. The van der Waals surface area contributed by atoms with Gasteiger partial charge in [-0.15, -0.1) is 22.0 Å². The van der Waals surface area contributed by atoms with Crippen LogP contribution in [-0.2, 0) is 6.42 Å². The number of H-pyrrole nitrogens is 1. The van der Waals surface area contributed by atoms with Crippen molar-refractivity contribution in [2.24, 2.45) is 0 Å². The molecule has 0 bridgehead atoms. The van der Waals surface area contributed by atoms with Crippen molar-refractivity contribution < 1.29 is 14.0 Å². The summed E-state index contributed by atoms with van der Waals surface area (Å²) >= 11 is 1.80. The molecule has 2 heterocycles. The third-order valence-corrected chi connectivity index (χ3v) is 7.02. The van der Waals surface area contributed by atoms with Crippen molar-refractivity contribution in [3.63, 3.8) is 0 Å². The van der Waals surface area contributed by atoms with E-state index in [2.05, 4.69) is 69.1 Å². The van der Waals surface area contributed by atoms with Gasteiger partial charge in [-0.2, -0.15) is 5.21 Å². The SMILES string of the molecule is CCCc1c(OCCCSc2ccc(OC(C)c3nn[nH]n3)cc2)ccc2c(-c3ccccc3)noc12. The van der Waals surface area contributed by atoms with E-state index >= 15 is 0 Å². The van der Waals surface area contributed by atoms with E-state index in [1.165, 1.54) is 4.90 Å². The minimum Gasteiger partial charge on any atom is -0.493 e. The second kappa shape index (κ2) is 11.9.